The second-order valence-electron chi connectivity index (χ2n) is 10.5. The van der Waals surface area contributed by atoms with Crippen molar-refractivity contribution in [3.8, 4) is 0 Å². The molecular formula is C30H58O3S. The second-order valence-corrected chi connectivity index (χ2v) is 10.8. The number of rotatable bonds is 26. The van der Waals surface area contributed by atoms with E-state index in [1.807, 2.05) is 0 Å². The molecule has 0 bridgehead atoms. The Kier molecular flexibility index (Phi) is 23.8. The predicted octanol–water partition coefficient (Wildman–Crippen LogP) is 9.66. The van der Waals surface area contributed by atoms with Gasteiger partial charge in [-0.15, -0.1) is 0 Å². The largest absolute Gasteiger partial charge is 0.465 e. The van der Waals surface area contributed by atoms with Gasteiger partial charge in [-0.2, -0.15) is 12.6 Å². The molecule has 0 rings (SSSR count). The van der Waals surface area contributed by atoms with Gasteiger partial charge in [0.15, 0.2) is 0 Å². The Labute approximate surface area is 218 Å². The fraction of sp³-hybridized carbons (Fsp3) is 0.933. The van der Waals surface area contributed by atoms with Crippen LogP contribution in [0, 0.1) is 5.41 Å². The molecule has 0 aliphatic rings. The molecule has 34 heavy (non-hydrogen) atoms. The summed E-state index contributed by atoms with van der Waals surface area (Å²) in [6.07, 6.45) is 26.0. The highest BCUT2D eigenvalue weighted by Gasteiger charge is 2.29. The van der Waals surface area contributed by atoms with E-state index in [1.165, 1.54) is 89.9 Å². The van der Waals surface area contributed by atoms with Gasteiger partial charge in [0.05, 0.1) is 12.4 Å². The zero-order valence-electron chi connectivity index (χ0n) is 23.1. The van der Waals surface area contributed by atoms with Crippen molar-refractivity contribution in [2.24, 2.45) is 5.41 Å². The number of hydrogen-bond donors (Lipinski definition) is 1. The van der Waals surface area contributed by atoms with E-state index in [4.69, 9.17) is 4.74 Å². The van der Waals surface area contributed by atoms with Gasteiger partial charge in [-0.25, -0.2) is 0 Å². The maximum atomic E-state index is 12.6. The molecule has 0 saturated carbocycles. The number of hydrogen-bond acceptors (Lipinski definition) is 4. The van der Waals surface area contributed by atoms with Gasteiger partial charge in [-0.05, 0) is 43.9 Å². The smallest absolute Gasteiger partial charge is 0.315 e. The van der Waals surface area contributed by atoms with Gasteiger partial charge < -0.3 is 4.74 Å². The molecule has 0 aromatic rings. The SMILES string of the molecule is CCCCCCCCC(CCCCCCCC)(CCCOC(=O)CS)CCC(=O)CCCCC. The first-order valence-corrected chi connectivity index (χ1v) is 15.4. The van der Waals surface area contributed by atoms with E-state index in [-0.39, 0.29) is 17.1 Å². The Morgan fingerprint density at radius 1 is 0.588 bits per heavy atom. The first-order chi connectivity index (χ1) is 16.5. The van der Waals surface area contributed by atoms with E-state index >= 15 is 0 Å². The van der Waals surface area contributed by atoms with Crippen molar-refractivity contribution >= 4 is 24.4 Å². The van der Waals surface area contributed by atoms with E-state index in [0.717, 1.165) is 51.4 Å². The molecule has 0 aliphatic carbocycles. The van der Waals surface area contributed by atoms with Gasteiger partial charge in [0, 0.05) is 12.8 Å². The molecule has 0 saturated heterocycles. The van der Waals surface area contributed by atoms with E-state index in [2.05, 4.69) is 33.4 Å². The van der Waals surface area contributed by atoms with Crippen LogP contribution in [-0.4, -0.2) is 24.1 Å². The van der Waals surface area contributed by atoms with Gasteiger partial charge in [-0.1, -0.05) is 111 Å². The minimum absolute atomic E-state index is 0.146. The molecule has 0 atom stereocenters. The highest BCUT2D eigenvalue weighted by molar-refractivity contribution is 7.81. The molecule has 0 spiro atoms. The van der Waals surface area contributed by atoms with Crippen molar-refractivity contribution in [3.63, 3.8) is 0 Å². The predicted molar refractivity (Wildman–Crippen MR) is 151 cm³/mol. The Morgan fingerprint density at radius 3 is 1.59 bits per heavy atom. The van der Waals surface area contributed by atoms with Crippen LogP contribution in [0.1, 0.15) is 162 Å². The first kappa shape index (κ1) is 33.5. The number of thiol groups is 1. The standard InChI is InChI=1S/C30H58O3S/c1-4-7-10-12-14-17-22-30(23-18-15-13-11-8-5-2,24-19-26-33-29(32)27-34)25-21-28(31)20-16-9-6-3/h34H,4-27H2,1-3H3. The van der Waals surface area contributed by atoms with Crippen molar-refractivity contribution in [1.82, 2.24) is 0 Å². The van der Waals surface area contributed by atoms with E-state index < -0.39 is 0 Å². The fourth-order valence-electron chi connectivity index (χ4n) is 5.09. The van der Waals surface area contributed by atoms with Crippen molar-refractivity contribution in [2.75, 3.05) is 12.4 Å². The number of ketones is 1. The number of unbranched alkanes of at least 4 members (excludes halogenated alkanes) is 12. The lowest BCUT2D eigenvalue weighted by molar-refractivity contribution is -0.140. The van der Waals surface area contributed by atoms with Gasteiger partial charge in [0.2, 0.25) is 0 Å². The Balaban J connectivity index is 5.00. The van der Waals surface area contributed by atoms with Crippen LogP contribution in [0.3, 0.4) is 0 Å². The molecule has 0 amide bonds. The van der Waals surface area contributed by atoms with E-state index in [0.29, 0.717) is 12.4 Å². The van der Waals surface area contributed by atoms with Crippen LogP contribution in [0.2, 0.25) is 0 Å². The van der Waals surface area contributed by atoms with Crippen molar-refractivity contribution in [3.05, 3.63) is 0 Å². The van der Waals surface area contributed by atoms with Gasteiger partial charge >= 0.3 is 5.97 Å². The Bertz CT molecular complexity index is 462. The maximum absolute atomic E-state index is 12.6. The van der Waals surface area contributed by atoms with Crippen molar-refractivity contribution in [2.45, 2.75) is 162 Å². The van der Waals surface area contributed by atoms with Crippen LogP contribution in [0.4, 0.5) is 0 Å². The van der Waals surface area contributed by atoms with Crippen molar-refractivity contribution in [1.29, 1.82) is 0 Å². The number of carbonyl (C=O) groups is 2. The second kappa shape index (κ2) is 24.2. The summed E-state index contributed by atoms with van der Waals surface area (Å²) in [5.41, 5.74) is 0.225. The number of ether oxygens (including phenoxy) is 1. The lowest BCUT2D eigenvalue weighted by Gasteiger charge is -2.35. The zero-order chi connectivity index (χ0) is 25.3. The summed E-state index contributed by atoms with van der Waals surface area (Å²) in [6, 6.07) is 0. The normalized spacial score (nSPS) is 11.6. The monoisotopic (exact) mass is 498 g/mol. The van der Waals surface area contributed by atoms with Crippen molar-refractivity contribution < 1.29 is 14.3 Å². The van der Waals surface area contributed by atoms with Gasteiger partial charge in [0.25, 0.3) is 0 Å². The summed E-state index contributed by atoms with van der Waals surface area (Å²) in [5.74, 6) is 0.365. The quantitative estimate of drug-likeness (QED) is 0.0733. The lowest BCUT2D eigenvalue weighted by atomic mass is 9.71. The molecule has 0 heterocycles. The molecule has 0 aromatic heterocycles. The summed E-state index contributed by atoms with van der Waals surface area (Å²) >= 11 is 4.02. The molecule has 0 fully saturated rings. The fourth-order valence-corrected chi connectivity index (χ4v) is 5.18. The molecule has 0 unspecified atom stereocenters. The number of esters is 1. The summed E-state index contributed by atoms with van der Waals surface area (Å²) in [6.45, 7) is 7.21. The van der Waals surface area contributed by atoms with Crippen LogP contribution >= 0.6 is 12.6 Å². The minimum atomic E-state index is -0.230. The van der Waals surface area contributed by atoms with Crippen LogP contribution in [0.5, 0.6) is 0 Å². The average molecular weight is 499 g/mol. The highest BCUT2D eigenvalue weighted by Crippen LogP contribution is 2.41. The first-order valence-electron chi connectivity index (χ1n) is 14.8. The maximum Gasteiger partial charge on any atom is 0.315 e. The minimum Gasteiger partial charge on any atom is -0.465 e. The van der Waals surface area contributed by atoms with Crippen LogP contribution < -0.4 is 0 Å². The summed E-state index contributed by atoms with van der Waals surface area (Å²) < 4.78 is 5.34. The number of carbonyl (C=O) groups excluding carboxylic acids is 2. The van der Waals surface area contributed by atoms with Crippen LogP contribution in [-0.2, 0) is 14.3 Å². The topological polar surface area (TPSA) is 43.4 Å². The number of Topliss-reactive ketones (excluding diaryl/α,β-unsaturated/α-hetero) is 1. The highest BCUT2D eigenvalue weighted by atomic mass is 32.1. The summed E-state index contributed by atoms with van der Waals surface area (Å²) in [5, 5.41) is 0. The third-order valence-corrected chi connectivity index (χ3v) is 7.62. The Hall–Kier alpha value is -0.510. The van der Waals surface area contributed by atoms with Crippen LogP contribution in [0.25, 0.3) is 0 Å². The molecule has 3 nitrogen and oxygen atoms in total. The molecule has 0 radical (unpaired) electrons. The molecule has 202 valence electrons. The zero-order valence-corrected chi connectivity index (χ0v) is 24.0. The molecule has 0 aromatic carbocycles. The molecule has 0 aliphatic heterocycles. The lowest BCUT2D eigenvalue weighted by Crippen LogP contribution is -2.24. The van der Waals surface area contributed by atoms with Crippen LogP contribution in [0.15, 0.2) is 0 Å². The summed E-state index contributed by atoms with van der Waals surface area (Å²) in [7, 11) is 0. The van der Waals surface area contributed by atoms with E-state index in [1.54, 1.807) is 0 Å². The summed E-state index contributed by atoms with van der Waals surface area (Å²) in [4.78, 5) is 24.2. The third-order valence-electron chi connectivity index (χ3n) is 7.36. The molecule has 0 N–H and O–H groups in total. The molecular weight excluding hydrogens is 440 g/mol. The van der Waals surface area contributed by atoms with Gasteiger partial charge in [-0.3, -0.25) is 9.59 Å². The van der Waals surface area contributed by atoms with Gasteiger partial charge in [0.1, 0.15) is 5.78 Å². The van der Waals surface area contributed by atoms with E-state index in [9.17, 15) is 9.59 Å². The average Bonchev–Trinajstić information content (AvgIpc) is 2.84. The molecule has 4 heteroatoms. The third kappa shape index (κ3) is 19.8. The Morgan fingerprint density at radius 2 is 1.06 bits per heavy atom.